The van der Waals surface area contributed by atoms with Crippen molar-refractivity contribution in [1.82, 2.24) is 0 Å². The smallest absolute Gasteiger partial charge is 0.0146 e. The van der Waals surface area contributed by atoms with E-state index in [0.717, 1.165) is 0 Å². The highest BCUT2D eigenvalue weighted by molar-refractivity contribution is 5.72. The van der Waals surface area contributed by atoms with Crippen molar-refractivity contribution in [2.75, 3.05) is 0 Å². The Hall–Kier alpha value is -1.56. The Morgan fingerprint density at radius 1 is 0.650 bits per heavy atom. The van der Waals surface area contributed by atoms with Gasteiger partial charge in [0, 0.05) is 0 Å². The van der Waals surface area contributed by atoms with Gasteiger partial charge < -0.3 is 0 Å². The lowest BCUT2D eigenvalue weighted by atomic mass is 9.85. The molecule has 106 valence electrons. The predicted molar refractivity (Wildman–Crippen MR) is 89.3 cm³/mol. The van der Waals surface area contributed by atoms with E-state index < -0.39 is 0 Å². The Morgan fingerprint density at radius 2 is 1.00 bits per heavy atom. The molecule has 0 aromatic heterocycles. The summed E-state index contributed by atoms with van der Waals surface area (Å²) in [5.74, 6) is 1.22. The molecule has 0 spiro atoms. The van der Waals surface area contributed by atoms with Crippen LogP contribution >= 0.6 is 0 Å². The van der Waals surface area contributed by atoms with Crippen molar-refractivity contribution in [2.24, 2.45) is 0 Å². The van der Waals surface area contributed by atoms with E-state index in [9.17, 15) is 0 Å². The van der Waals surface area contributed by atoms with E-state index in [1.807, 2.05) is 0 Å². The summed E-state index contributed by atoms with van der Waals surface area (Å²) < 4.78 is 0. The Balaban J connectivity index is 2.57. The monoisotopic (exact) mass is 266 g/mol. The van der Waals surface area contributed by atoms with Crippen LogP contribution in [0.4, 0.5) is 0 Å². The van der Waals surface area contributed by atoms with Crippen LogP contribution in [0.2, 0.25) is 0 Å². The molecule has 0 amide bonds. The maximum absolute atomic E-state index is 2.32. The van der Waals surface area contributed by atoms with E-state index in [1.54, 1.807) is 0 Å². The lowest BCUT2D eigenvalue weighted by Gasteiger charge is -2.20. The molecule has 20 heavy (non-hydrogen) atoms. The quantitative estimate of drug-likeness (QED) is 0.589. The number of benzene rings is 2. The standard InChI is InChI=1S/C20H26/c1-5-15(3)17-11-7-9-13-19(17)20-14-10-8-12-18(20)16(4)6-2/h7-16H,5-6H2,1-4H3. The van der Waals surface area contributed by atoms with Crippen molar-refractivity contribution in [3.63, 3.8) is 0 Å². The van der Waals surface area contributed by atoms with Crippen LogP contribution in [0.1, 0.15) is 63.5 Å². The van der Waals surface area contributed by atoms with Crippen LogP contribution < -0.4 is 0 Å². The fraction of sp³-hybridized carbons (Fsp3) is 0.400. The molecule has 0 aliphatic rings. The molecule has 2 aromatic rings. The van der Waals surface area contributed by atoms with Crippen LogP contribution in [0, 0.1) is 0 Å². The van der Waals surface area contributed by atoms with Crippen LogP contribution in [-0.2, 0) is 0 Å². The van der Waals surface area contributed by atoms with E-state index in [0.29, 0.717) is 11.8 Å². The molecule has 0 N–H and O–H groups in total. The fourth-order valence-corrected chi connectivity index (χ4v) is 2.78. The molecule has 0 nitrogen and oxygen atoms in total. The van der Waals surface area contributed by atoms with Crippen molar-refractivity contribution in [2.45, 2.75) is 52.4 Å². The van der Waals surface area contributed by atoms with Crippen molar-refractivity contribution < 1.29 is 0 Å². The third-order valence-corrected chi connectivity index (χ3v) is 4.50. The second-order valence-corrected chi connectivity index (χ2v) is 5.79. The molecule has 2 unspecified atom stereocenters. The molecule has 0 heteroatoms. The molecule has 0 saturated heterocycles. The van der Waals surface area contributed by atoms with Crippen LogP contribution in [0.15, 0.2) is 48.5 Å². The summed E-state index contributed by atoms with van der Waals surface area (Å²) in [5.41, 5.74) is 5.78. The van der Waals surface area contributed by atoms with Gasteiger partial charge in [-0.25, -0.2) is 0 Å². The Kier molecular flexibility index (Phi) is 5.00. The van der Waals surface area contributed by atoms with E-state index in [2.05, 4.69) is 76.2 Å². The van der Waals surface area contributed by atoms with Gasteiger partial charge >= 0.3 is 0 Å². The van der Waals surface area contributed by atoms with Crippen molar-refractivity contribution in [1.29, 1.82) is 0 Å². The van der Waals surface area contributed by atoms with E-state index in [1.165, 1.54) is 35.1 Å². The molecular formula is C20H26. The van der Waals surface area contributed by atoms with E-state index in [-0.39, 0.29) is 0 Å². The predicted octanol–water partition coefficient (Wildman–Crippen LogP) is 6.38. The molecule has 0 heterocycles. The van der Waals surface area contributed by atoms with Crippen LogP contribution in [0.3, 0.4) is 0 Å². The average molecular weight is 266 g/mol. The first-order valence-electron chi connectivity index (χ1n) is 7.87. The fourth-order valence-electron chi connectivity index (χ4n) is 2.78. The SMILES string of the molecule is CCC(C)c1ccccc1-c1ccccc1C(C)CC. The second-order valence-electron chi connectivity index (χ2n) is 5.79. The zero-order chi connectivity index (χ0) is 14.5. The maximum atomic E-state index is 2.32. The van der Waals surface area contributed by atoms with Gasteiger partial charge in [-0.3, -0.25) is 0 Å². The Bertz CT molecular complexity index is 502. The molecule has 0 fully saturated rings. The van der Waals surface area contributed by atoms with Crippen LogP contribution in [0.5, 0.6) is 0 Å². The van der Waals surface area contributed by atoms with Gasteiger partial charge in [-0.05, 0) is 46.9 Å². The summed E-state index contributed by atoms with van der Waals surface area (Å²) >= 11 is 0. The van der Waals surface area contributed by atoms with Gasteiger partial charge in [-0.1, -0.05) is 76.2 Å². The van der Waals surface area contributed by atoms with Gasteiger partial charge in [0.1, 0.15) is 0 Å². The lowest BCUT2D eigenvalue weighted by molar-refractivity contribution is 0.728. The molecule has 0 aliphatic carbocycles. The molecule has 0 saturated carbocycles. The highest BCUT2D eigenvalue weighted by Crippen LogP contribution is 2.36. The molecule has 0 bridgehead atoms. The van der Waals surface area contributed by atoms with E-state index in [4.69, 9.17) is 0 Å². The minimum absolute atomic E-state index is 0.608. The highest BCUT2D eigenvalue weighted by atomic mass is 14.2. The van der Waals surface area contributed by atoms with Crippen LogP contribution in [-0.4, -0.2) is 0 Å². The van der Waals surface area contributed by atoms with Gasteiger partial charge in [0.25, 0.3) is 0 Å². The second kappa shape index (κ2) is 6.74. The summed E-state index contributed by atoms with van der Waals surface area (Å²) in [6.07, 6.45) is 2.37. The third-order valence-electron chi connectivity index (χ3n) is 4.50. The zero-order valence-electron chi connectivity index (χ0n) is 13.2. The molecule has 2 atom stereocenters. The normalized spacial score (nSPS) is 14.0. The summed E-state index contributed by atoms with van der Waals surface area (Å²) in [6, 6.07) is 17.8. The van der Waals surface area contributed by atoms with E-state index >= 15 is 0 Å². The minimum atomic E-state index is 0.608. The van der Waals surface area contributed by atoms with Gasteiger partial charge in [0.2, 0.25) is 0 Å². The molecule has 2 aromatic carbocycles. The third kappa shape index (κ3) is 2.95. The first-order valence-corrected chi connectivity index (χ1v) is 7.87. The zero-order valence-corrected chi connectivity index (χ0v) is 13.2. The highest BCUT2D eigenvalue weighted by Gasteiger charge is 2.14. The Labute approximate surface area is 123 Å². The summed E-state index contributed by atoms with van der Waals surface area (Å²) in [5, 5.41) is 0. The number of hydrogen-bond donors (Lipinski definition) is 0. The summed E-state index contributed by atoms with van der Waals surface area (Å²) in [7, 11) is 0. The van der Waals surface area contributed by atoms with Crippen molar-refractivity contribution in [3.8, 4) is 11.1 Å². The van der Waals surface area contributed by atoms with Gasteiger partial charge in [0.05, 0.1) is 0 Å². The van der Waals surface area contributed by atoms with Gasteiger partial charge in [-0.15, -0.1) is 0 Å². The summed E-state index contributed by atoms with van der Waals surface area (Å²) in [4.78, 5) is 0. The maximum Gasteiger partial charge on any atom is -0.0146 e. The topological polar surface area (TPSA) is 0 Å². The average Bonchev–Trinajstić information content (AvgIpc) is 2.53. The molecule has 0 radical (unpaired) electrons. The molecule has 0 aliphatic heterocycles. The minimum Gasteiger partial charge on any atom is -0.0648 e. The van der Waals surface area contributed by atoms with Gasteiger partial charge in [-0.2, -0.15) is 0 Å². The van der Waals surface area contributed by atoms with Crippen molar-refractivity contribution >= 4 is 0 Å². The van der Waals surface area contributed by atoms with Crippen molar-refractivity contribution in [3.05, 3.63) is 59.7 Å². The Morgan fingerprint density at radius 3 is 1.35 bits per heavy atom. The summed E-state index contributed by atoms with van der Waals surface area (Å²) in [6.45, 7) is 9.18. The lowest BCUT2D eigenvalue weighted by Crippen LogP contribution is -1.99. The first-order chi connectivity index (χ1) is 9.69. The number of hydrogen-bond acceptors (Lipinski definition) is 0. The number of rotatable bonds is 5. The van der Waals surface area contributed by atoms with Crippen LogP contribution in [0.25, 0.3) is 11.1 Å². The largest absolute Gasteiger partial charge is 0.0648 e. The van der Waals surface area contributed by atoms with Gasteiger partial charge in [0.15, 0.2) is 0 Å². The first kappa shape index (κ1) is 14.8. The molecule has 2 rings (SSSR count). The molecular weight excluding hydrogens is 240 g/mol.